The molecule has 1 saturated carbocycles. The van der Waals surface area contributed by atoms with Crippen LogP contribution in [0.3, 0.4) is 0 Å². The lowest BCUT2D eigenvalue weighted by molar-refractivity contribution is 0.0272. The molecular weight excluding hydrogens is 480 g/mol. The largest absolute Gasteiger partial charge is 0.482 e. The van der Waals surface area contributed by atoms with Crippen molar-refractivity contribution in [2.24, 2.45) is 5.73 Å². The molecule has 4 rings (SSSR count). The molecule has 1 atom stereocenters. The number of carbonyl (C=O) groups excluding carboxylic acids is 2. The van der Waals surface area contributed by atoms with E-state index >= 15 is 0 Å². The Morgan fingerprint density at radius 1 is 1.21 bits per heavy atom. The van der Waals surface area contributed by atoms with E-state index in [1.165, 1.54) is 18.4 Å². The van der Waals surface area contributed by atoms with Gasteiger partial charge in [0, 0.05) is 42.3 Å². The normalized spacial score (nSPS) is 16.5. The Morgan fingerprint density at radius 2 is 1.95 bits per heavy atom. The van der Waals surface area contributed by atoms with Gasteiger partial charge in [-0.25, -0.2) is 4.79 Å². The second-order valence-corrected chi connectivity index (χ2v) is 11.1. The summed E-state index contributed by atoms with van der Waals surface area (Å²) in [6.45, 7) is 14.8. The number of aryl methyl sites for hydroxylation is 1. The number of pyridine rings is 1. The Morgan fingerprint density at radius 3 is 2.50 bits per heavy atom. The molecule has 0 unspecified atom stereocenters. The first kappa shape index (κ1) is 27.2. The van der Waals surface area contributed by atoms with E-state index in [0.717, 1.165) is 17.0 Å². The van der Waals surface area contributed by atoms with Crippen molar-refractivity contribution in [3.8, 4) is 5.75 Å². The summed E-state index contributed by atoms with van der Waals surface area (Å²) < 4.78 is 12.1. The second-order valence-electron chi connectivity index (χ2n) is 11.1. The average molecular weight is 519 g/mol. The second kappa shape index (κ2) is 10.9. The van der Waals surface area contributed by atoms with Gasteiger partial charge in [-0.1, -0.05) is 18.7 Å². The maximum Gasteiger partial charge on any atom is 0.414 e. The van der Waals surface area contributed by atoms with Crippen LogP contribution in [-0.4, -0.2) is 52.0 Å². The third kappa shape index (κ3) is 6.54. The number of aromatic nitrogens is 1. The van der Waals surface area contributed by atoms with Crippen molar-refractivity contribution in [1.29, 1.82) is 0 Å². The molecule has 1 aliphatic heterocycles. The molecule has 0 bridgehead atoms. The molecule has 1 aliphatic carbocycles. The number of ether oxygens (including phenoxy) is 2. The third-order valence-electron chi connectivity index (χ3n) is 6.72. The SMILES string of the molecule is C=Cc1cc(C(N)=O)c(C)cc1O[C@H](CN1C=C(C)N(C(=O)OC(C)(C)C)CC1)c1ccc(C2CC2)cn1. The number of carbonyl (C=O) groups is 2. The number of allylic oxidation sites excluding steroid dienone is 1. The van der Waals surface area contributed by atoms with Gasteiger partial charge in [-0.15, -0.1) is 0 Å². The van der Waals surface area contributed by atoms with Crippen molar-refractivity contribution in [3.63, 3.8) is 0 Å². The maximum atomic E-state index is 12.7. The summed E-state index contributed by atoms with van der Waals surface area (Å²) in [6.07, 6.45) is 7.22. The minimum absolute atomic E-state index is 0.350. The van der Waals surface area contributed by atoms with Crippen LogP contribution in [0, 0.1) is 6.92 Å². The highest BCUT2D eigenvalue weighted by molar-refractivity contribution is 5.95. The van der Waals surface area contributed by atoms with E-state index in [1.807, 2.05) is 59.1 Å². The van der Waals surface area contributed by atoms with E-state index in [-0.39, 0.29) is 6.09 Å². The van der Waals surface area contributed by atoms with Crippen LogP contribution in [0.4, 0.5) is 4.79 Å². The number of nitrogens with zero attached hydrogens (tertiary/aromatic N) is 3. The van der Waals surface area contributed by atoms with Crippen LogP contribution in [0.25, 0.3) is 6.08 Å². The molecule has 38 heavy (non-hydrogen) atoms. The van der Waals surface area contributed by atoms with Crippen LogP contribution in [0.1, 0.15) is 85.3 Å². The molecule has 2 N–H and O–H groups in total. The standard InChI is InChI=1S/C30H38N4O4/c1-7-21-15-24(28(31)35)19(2)14-26(21)37-27(25-11-10-23(16-32-25)22-8-9-22)18-33-12-13-34(20(3)17-33)29(36)38-30(4,5)6/h7,10-11,14-17,22,27H,1,8-9,12-13,18H2,2-6H3,(H2,31,35)/t27-/m1/s1. The highest BCUT2D eigenvalue weighted by atomic mass is 16.6. The van der Waals surface area contributed by atoms with E-state index in [4.69, 9.17) is 20.2 Å². The third-order valence-corrected chi connectivity index (χ3v) is 6.72. The Kier molecular flexibility index (Phi) is 7.81. The Hall–Kier alpha value is -3.81. The molecule has 0 radical (unpaired) electrons. The van der Waals surface area contributed by atoms with Crippen LogP contribution >= 0.6 is 0 Å². The van der Waals surface area contributed by atoms with E-state index in [2.05, 4.69) is 17.5 Å². The molecule has 0 spiro atoms. The van der Waals surface area contributed by atoms with Crippen molar-refractivity contribution < 1.29 is 19.1 Å². The van der Waals surface area contributed by atoms with Gasteiger partial charge in [0.15, 0.2) is 6.10 Å². The predicted octanol–water partition coefficient (Wildman–Crippen LogP) is 5.54. The topological polar surface area (TPSA) is 98.0 Å². The minimum atomic E-state index is -0.559. The zero-order valence-corrected chi connectivity index (χ0v) is 23.0. The fourth-order valence-corrected chi connectivity index (χ4v) is 4.55. The number of primary amides is 1. The van der Waals surface area contributed by atoms with Gasteiger partial charge >= 0.3 is 6.09 Å². The lowest BCUT2D eigenvalue weighted by Gasteiger charge is -2.36. The Balaban J connectivity index is 1.60. The summed E-state index contributed by atoms with van der Waals surface area (Å²) in [4.78, 5) is 33.1. The first-order chi connectivity index (χ1) is 17.9. The summed E-state index contributed by atoms with van der Waals surface area (Å²) in [5.41, 5.74) is 9.71. The smallest absolute Gasteiger partial charge is 0.414 e. The molecule has 2 aromatic rings. The zero-order valence-electron chi connectivity index (χ0n) is 23.0. The van der Waals surface area contributed by atoms with Gasteiger partial charge in [-0.05, 0) is 82.7 Å². The fourth-order valence-electron chi connectivity index (χ4n) is 4.55. The molecule has 0 saturated heterocycles. The quantitative estimate of drug-likeness (QED) is 0.493. The highest BCUT2D eigenvalue weighted by Gasteiger charge is 2.29. The van der Waals surface area contributed by atoms with Crippen LogP contribution in [0.2, 0.25) is 0 Å². The van der Waals surface area contributed by atoms with Crippen LogP contribution in [0.5, 0.6) is 5.75 Å². The van der Waals surface area contributed by atoms with Gasteiger partial charge < -0.3 is 20.1 Å². The van der Waals surface area contributed by atoms with Gasteiger partial charge in [-0.2, -0.15) is 0 Å². The van der Waals surface area contributed by atoms with E-state index in [1.54, 1.807) is 17.0 Å². The van der Waals surface area contributed by atoms with E-state index in [0.29, 0.717) is 42.4 Å². The van der Waals surface area contributed by atoms with Crippen molar-refractivity contribution >= 4 is 18.1 Å². The summed E-state index contributed by atoms with van der Waals surface area (Å²) >= 11 is 0. The lowest BCUT2D eigenvalue weighted by atomic mass is 10.0. The van der Waals surface area contributed by atoms with Crippen molar-refractivity contribution in [1.82, 2.24) is 14.8 Å². The van der Waals surface area contributed by atoms with Crippen molar-refractivity contribution in [2.75, 3.05) is 19.6 Å². The molecule has 2 aliphatic rings. The molecule has 8 nitrogen and oxygen atoms in total. The number of hydrogen-bond acceptors (Lipinski definition) is 6. The van der Waals surface area contributed by atoms with Gasteiger partial charge in [0.2, 0.25) is 5.91 Å². The van der Waals surface area contributed by atoms with Crippen molar-refractivity contribution in [2.45, 2.75) is 65.1 Å². The van der Waals surface area contributed by atoms with E-state index < -0.39 is 17.6 Å². The molecule has 2 heterocycles. The average Bonchev–Trinajstić information content (AvgIpc) is 3.68. The summed E-state index contributed by atoms with van der Waals surface area (Å²) in [5, 5.41) is 0. The zero-order chi connectivity index (χ0) is 27.6. The number of rotatable bonds is 8. The highest BCUT2D eigenvalue weighted by Crippen LogP contribution is 2.40. The van der Waals surface area contributed by atoms with Gasteiger partial charge in [0.25, 0.3) is 0 Å². The monoisotopic (exact) mass is 518 g/mol. The summed E-state index contributed by atoms with van der Waals surface area (Å²) in [5.74, 6) is 0.724. The molecule has 1 aromatic carbocycles. The molecule has 202 valence electrons. The van der Waals surface area contributed by atoms with Gasteiger partial charge in [0.1, 0.15) is 11.4 Å². The van der Waals surface area contributed by atoms with Crippen LogP contribution < -0.4 is 10.5 Å². The Bertz CT molecular complexity index is 1240. The molecule has 2 amide bonds. The Labute approximate surface area is 225 Å². The molecule has 1 aromatic heterocycles. The predicted molar refractivity (Wildman–Crippen MR) is 148 cm³/mol. The van der Waals surface area contributed by atoms with Gasteiger partial charge in [-0.3, -0.25) is 14.7 Å². The molecule has 8 heteroatoms. The minimum Gasteiger partial charge on any atom is -0.482 e. The summed E-state index contributed by atoms with van der Waals surface area (Å²) in [6, 6.07) is 7.70. The van der Waals surface area contributed by atoms with Crippen molar-refractivity contribution in [3.05, 3.63) is 76.9 Å². The lowest BCUT2D eigenvalue weighted by Crippen LogP contribution is -2.44. The first-order valence-corrected chi connectivity index (χ1v) is 13.1. The first-order valence-electron chi connectivity index (χ1n) is 13.1. The fraction of sp³-hybridized carbons (Fsp3) is 0.433. The summed E-state index contributed by atoms with van der Waals surface area (Å²) in [7, 11) is 0. The van der Waals surface area contributed by atoms with Crippen LogP contribution in [0.15, 0.2) is 48.9 Å². The number of amides is 2. The van der Waals surface area contributed by atoms with Gasteiger partial charge in [0.05, 0.1) is 12.2 Å². The number of hydrogen-bond donors (Lipinski definition) is 1. The van der Waals surface area contributed by atoms with Crippen LogP contribution in [-0.2, 0) is 4.74 Å². The number of benzene rings is 1. The number of nitrogens with two attached hydrogens (primary N) is 1. The molecule has 1 fully saturated rings. The maximum absolute atomic E-state index is 12.7. The van der Waals surface area contributed by atoms with E-state index in [9.17, 15) is 9.59 Å². The molecular formula is C30H38N4O4.